The Kier molecular flexibility index (Phi) is 3.55. The van der Waals surface area contributed by atoms with Gasteiger partial charge in [-0.05, 0) is 37.5 Å². The quantitative estimate of drug-likeness (QED) is 0.738. The molecule has 0 aliphatic heterocycles. The van der Waals surface area contributed by atoms with Crippen molar-refractivity contribution in [2.45, 2.75) is 44.4 Å². The van der Waals surface area contributed by atoms with Gasteiger partial charge in [0, 0.05) is 12.5 Å². The van der Waals surface area contributed by atoms with E-state index in [9.17, 15) is 4.79 Å². The van der Waals surface area contributed by atoms with Gasteiger partial charge < -0.3 is 5.32 Å². The van der Waals surface area contributed by atoms with Crippen LogP contribution < -0.4 is 5.32 Å². The molecule has 0 heterocycles. The van der Waals surface area contributed by atoms with Crippen LogP contribution in [-0.2, 0) is 4.79 Å². The SMILES string of the molecule is CC1CCCC1C(=O)NCC(Cl)C1CC1. The summed E-state index contributed by atoms with van der Waals surface area (Å²) >= 11 is 6.15. The van der Waals surface area contributed by atoms with E-state index in [1.807, 2.05) is 0 Å². The second-order valence-electron chi connectivity index (χ2n) is 5.11. The highest BCUT2D eigenvalue weighted by atomic mass is 35.5. The van der Waals surface area contributed by atoms with Crippen LogP contribution in [0.4, 0.5) is 0 Å². The monoisotopic (exact) mass is 229 g/mol. The van der Waals surface area contributed by atoms with Crippen molar-refractivity contribution < 1.29 is 4.79 Å². The first-order valence-corrected chi connectivity index (χ1v) is 6.54. The number of carbonyl (C=O) groups is 1. The zero-order chi connectivity index (χ0) is 10.8. The second-order valence-corrected chi connectivity index (χ2v) is 5.67. The topological polar surface area (TPSA) is 29.1 Å². The highest BCUT2D eigenvalue weighted by Gasteiger charge is 2.32. The van der Waals surface area contributed by atoms with Gasteiger partial charge in [-0.25, -0.2) is 0 Å². The second kappa shape index (κ2) is 4.73. The Bertz CT molecular complexity index is 240. The maximum Gasteiger partial charge on any atom is 0.223 e. The molecule has 2 aliphatic rings. The highest BCUT2D eigenvalue weighted by molar-refractivity contribution is 6.21. The molecule has 15 heavy (non-hydrogen) atoms. The molecule has 0 bridgehead atoms. The number of hydrogen-bond acceptors (Lipinski definition) is 1. The maximum absolute atomic E-state index is 11.8. The molecule has 0 aromatic carbocycles. The van der Waals surface area contributed by atoms with Crippen LogP contribution >= 0.6 is 11.6 Å². The average Bonchev–Trinajstić information content (AvgIpc) is 2.98. The molecule has 3 unspecified atom stereocenters. The van der Waals surface area contributed by atoms with Gasteiger partial charge in [0.05, 0.1) is 5.38 Å². The van der Waals surface area contributed by atoms with E-state index in [1.54, 1.807) is 0 Å². The first-order valence-electron chi connectivity index (χ1n) is 6.10. The molecule has 0 radical (unpaired) electrons. The molecular formula is C12H20ClNO. The van der Waals surface area contributed by atoms with Gasteiger partial charge in [0.2, 0.25) is 5.91 Å². The lowest BCUT2D eigenvalue weighted by atomic mass is 9.97. The Labute approximate surface area is 96.8 Å². The summed E-state index contributed by atoms with van der Waals surface area (Å²) in [6.07, 6.45) is 5.94. The zero-order valence-electron chi connectivity index (χ0n) is 9.34. The molecule has 3 heteroatoms. The van der Waals surface area contributed by atoms with Crippen LogP contribution in [0.3, 0.4) is 0 Å². The lowest BCUT2D eigenvalue weighted by molar-refractivity contribution is -0.125. The molecule has 0 saturated heterocycles. The molecule has 2 saturated carbocycles. The van der Waals surface area contributed by atoms with Crippen molar-refractivity contribution in [1.82, 2.24) is 5.32 Å². The van der Waals surface area contributed by atoms with Crippen molar-refractivity contribution >= 4 is 17.5 Å². The van der Waals surface area contributed by atoms with Crippen LogP contribution in [0.2, 0.25) is 0 Å². The van der Waals surface area contributed by atoms with Crippen molar-refractivity contribution in [2.75, 3.05) is 6.54 Å². The van der Waals surface area contributed by atoms with Crippen LogP contribution in [-0.4, -0.2) is 17.8 Å². The minimum atomic E-state index is 0.158. The number of hydrogen-bond donors (Lipinski definition) is 1. The highest BCUT2D eigenvalue weighted by Crippen LogP contribution is 2.35. The Morgan fingerprint density at radius 3 is 2.67 bits per heavy atom. The molecule has 0 spiro atoms. The lowest BCUT2D eigenvalue weighted by Gasteiger charge is -2.16. The van der Waals surface area contributed by atoms with Crippen LogP contribution in [0.25, 0.3) is 0 Å². The summed E-state index contributed by atoms with van der Waals surface area (Å²) in [6.45, 7) is 2.84. The third-order valence-electron chi connectivity index (χ3n) is 3.80. The van der Waals surface area contributed by atoms with E-state index in [4.69, 9.17) is 11.6 Å². The van der Waals surface area contributed by atoms with E-state index in [0.717, 1.165) is 6.42 Å². The van der Waals surface area contributed by atoms with E-state index < -0.39 is 0 Å². The van der Waals surface area contributed by atoms with Gasteiger partial charge in [0.25, 0.3) is 0 Å². The molecule has 0 aromatic rings. The Balaban J connectivity index is 1.71. The van der Waals surface area contributed by atoms with Crippen molar-refractivity contribution in [3.63, 3.8) is 0 Å². The van der Waals surface area contributed by atoms with E-state index in [2.05, 4.69) is 12.2 Å². The van der Waals surface area contributed by atoms with Crippen LogP contribution in [0.1, 0.15) is 39.0 Å². The number of carbonyl (C=O) groups excluding carboxylic acids is 1. The summed E-state index contributed by atoms with van der Waals surface area (Å²) in [5.74, 6) is 1.69. The van der Waals surface area contributed by atoms with Gasteiger partial charge in [-0.3, -0.25) is 4.79 Å². The lowest BCUT2D eigenvalue weighted by Crippen LogP contribution is -2.36. The summed E-state index contributed by atoms with van der Waals surface area (Å²) < 4.78 is 0. The third kappa shape index (κ3) is 2.87. The van der Waals surface area contributed by atoms with Crippen LogP contribution in [0, 0.1) is 17.8 Å². The van der Waals surface area contributed by atoms with E-state index >= 15 is 0 Å². The zero-order valence-corrected chi connectivity index (χ0v) is 10.1. The van der Waals surface area contributed by atoms with E-state index in [-0.39, 0.29) is 17.2 Å². The summed E-state index contributed by atoms with van der Waals surface area (Å²) in [4.78, 5) is 11.8. The standard InChI is InChI=1S/C12H20ClNO/c1-8-3-2-4-10(8)12(15)14-7-11(13)9-5-6-9/h8-11H,2-7H2,1H3,(H,14,15). The van der Waals surface area contributed by atoms with Gasteiger partial charge in [-0.15, -0.1) is 11.6 Å². The average molecular weight is 230 g/mol. The fourth-order valence-electron chi connectivity index (χ4n) is 2.49. The fourth-order valence-corrected chi connectivity index (χ4v) is 2.82. The fraction of sp³-hybridized carbons (Fsp3) is 0.917. The van der Waals surface area contributed by atoms with Gasteiger partial charge in [0.15, 0.2) is 0 Å². The van der Waals surface area contributed by atoms with E-state index in [0.29, 0.717) is 18.4 Å². The molecule has 2 aliphatic carbocycles. The predicted molar refractivity (Wildman–Crippen MR) is 61.9 cm³/mol. The predicted octanol–water partition coefficient (Wildman–Crippen LogP) is 2.56. The number of alkyl halides is 1. The Morgan fingerprint density at radius 2 is 2.13 bits per heavy atom. The maximum atomic E-state index is 11.8. The van der Waals surface area contributed by atoms with Crippen LogP contribution in [0.5, 0.6) is 0 Å². The van der Waals surface area contributed by atoms with E-state index in [1.165, 1.54) is 25.7 Å². The molecule has 1 amide bonds. The molecular weight excluding hydrogens is 210 g/mol. The van der Waals surface area contributed by atoms with Gasteiger partial charge in [-0.1, -0.05) is 13.3 Å². The molecule has 2 fully saturated rings. The molecule has 2 rings (SSSR count). The van der Waals surface area contributed by atoms with Crippen LogP contribution in [0.15, 0.2) is 0 Å². The minimum Gasteiger partial charge on any atom is -0.354 e. The number of rotatable bonds is 4. The summed E-state index contributed by atoms with van der Waals surface area (Å²) in [5.41, 5.74) is 0. The minimum absolute atomic E-state index is 0.158. The van der Waals surface area contributed by atoms with Gasteiger partial charge >= 0.3 is 0 Å². The first kappa shape index (κ1) is 11.3. The number of halogens is 1. The Hall–Kier alpha value is -0.240. The van der Waals surface area contributed by atoms with Crippen molar-refractivity contribution in [2.24, 2.45) is 17.8 Å². The van der Waals surface area contributed by atoms with Crippen molar-refractivity contribution in [3.8, 4) is 0 Å². The Morgan fingerprint density at radius 1 is 1.40 bits per heavy atom. The van der Waals surface area contributed by atoms with Gasteiger partial charge in [0.1, 0.15) is 0 Å². The summed E-state index contributed by atoms with van der Waals surface area (Å²) in [6, 6.07) is 0. The molecule has 0 aromatic heterocycles. The molecule has 2 nitrogen and oxygen atoms in total. The van der Waals surface area contributed by atoms with Crippen molar-refractivity contribution in [1.29, 1.82) is 0 Å². The molecule has 3 atom stereocenters. The molecule has 86 valence electrons. The van der Waals surface area contributed by atoms with Crippen molar-refractivity contribution in [3.05, 3.63) is 0 Å². The number of nitrogens with one attached hydrogen (secondary N) is 1. The first-order chi connectivity index (χ1) is 7.18. The number of amides is 1. The molecule has 1 N–H and O–H groups in total. The largest absolute Gasteiger partial charge is 0.354 e. The normalized spacial score (nSPS) is 32.7. The summed E-state index contributed by atoms with van der Waals surface area (Å²) in [5, 5.41) is 3.16. The summed E-state index contributed by atoms with van der Waals surface area (Å²) in [7, 11) is 0. The van der Waals surface area contributed by atoms with Gasteiger partial charge in [-0.2, -0.15) is 0 Å². The third-order valence-corrected chi connectivity index (χ3v) is 4.31. The smallest absolute Gasteiger partial charge is 0.223 e.